The molecule has 4 aromatic rings. The van der Waals surface area contributed by atoms with E-state index in [2.05, 4.69) is 10.1 Å². The smallest absolute Gasteiger partial charge is 0.433 e. The minimum absolute atomic E-state index is 0.0568. The summed E-state index contributed by atoms with van der Waals surface area (Å²) in [5.74, 6) is -1.02. The van der Waals surface area contributed by atoms with E-state index in [1.54, 1.807) is 35.2 Å². The lowest BCUT2D eigenvalue weighted by Crippen LogP contribution is -2.55. The van der Waals surface area contributed by atoms with Crippen molar-refractivity contribution in [2.45, 2.75) is 32.1 Å². The third-order valence-corrected chi connectivity index (χ3v) is 8.62. The Morgan fingerprint density at radius 2 is 1.88 bits per heavy atom. The Kier molecular flexibility index (Phi) is 7.96. The number of aromatic carboxylic acids is 1. The molecular weight excluding hydrogens is 575 g/mol. The van der Waals surface area contributed by atoms with Crippen LogP contribution in [-0.2, 0) is 6.18 Å². The maximum Gasteiger partial charge on any atom is 0.433 e. The van der Waals surface area contributed by atoms with Gasteiger partial charge >= 0.3 is 12.1 Å². The van der Waals surface area contributed by atoms with Crippen molar-refractivity contribution in [3.05, 3.63) is 69.2 Å². The van der Waals surface area contributed by atoms with Gasteiger partial charge in [-0.15, -0.1) is 11.3 Å². The topological polar surface area (TPSA) is 120 Å². The van der Waals surface area contributed by atoms with Crippen LogP contribution >= 0.6 is 11.3 Å². The molecule has 42 heavy (non-hydrogen) atoms. The van der Waals surface area contributed by atoms with E-state index in [0.717, 1.165) is 17.5 Å². The lowest BCUT2D eigenvalue weighted by molar-refractivity contribution is -0.143. The molecule has 14 heteroatoms. The fourth-order valence-electron chi connectivity index (χ4n) is 5.35. The summed E-state index contributed by atoms with van der Waals surface area (Å²) in [4.78, 5) is 34.0. The van der Waals surface area contributed by atoms with Gasteiger partial charge in [0.05, 0.1) is 31.6 Å². The van der Waals surface area contributed by atoms with Crippen LogP contribution in [0.1, 0.15) is 49.1 Å². The van der Waals surface area contributed by atoms with Crippen LogP contribution in [0.4, 0.5) is 13.2 Å². The summed E-state index contributed by atoms with van der Waals surface area (Å²) in [7, 11) is 1.48. The number of halogens is 3. The number of methoxy groups -OCH3 is 1. The highest BCUT2D eigenvalue weighted by molar-refractivity contribution is 7.14. The van der Waals surface area contributed by atoms with E-state index in [1.807, 2.05) is 11.8 Å². The van der Waals surface area contributed by atoms with Crippen LogP contribution in [0.3, 0.4) is 0 Å². The number of carbonyl (C=O) groups excluding carboxylic acids is 1. The van der Waals surface area contributed by atoms with Crippen molar-refractivity contribution < 1.29 is 37.7 Å². The zero-order valence-electron chi connectivity index (χ0n) is 22.9. The summed E-state index contributed by atoms with van der Waals surface area (Å²) >= 11 is 1.08. The number of carbonyl (C=O) groups is 2. The van der Waals surface area contributed by atoms with Gasteiger partial charge in [0.2, 0.25) is 0 Å². The molecule has 2 N–H and O–H groups in total. The third-order valence-electron chi connectivity index (χ3n) is 7.45. The minimum Gasteiger partial charge on any atom is -0.497 e. The fourth-order valence-corrected chi connectivity index (χ4v) is 6.32. The first kappa shape index (κ1) is 29.5. The van der Waals surface area contributed by atoms with E-state index in [1.165, 1.54) is 20.1 Å². The van der Waals surface area contributed by atoms with E-state index < -0.39 is 29.8 Å². The van der Waals surface area contributed by atoms with Crippen LogP contribution in [0.25, 0.3) is 16.9 Å². The van der Waals surface area contributed by atoms with Gasteiger partial charge in [0.25, 0.3) is 5.91 Å². The Morgan fingerprint density at radius 3 is 2.45 bits per heavy atom. The second-order valence-electron chi connectivity index (χ2n) is 10.0. The zero-order valence-corrected chi connectivity index (χ0v) is 23.7. The minimum atomic E-state index is -4.76. The van der Waals surface area contributed by atoms with Crippen molar-refractivity contribution in [3.8, 4) is 17.0 Å². The number of rotatable bonds is 7. The van der Waals surface area contributed by atoms with Crippen molar-refractivity contribution in [2.75, 3.05) is 33.4 Å². The molecule has 4 heterocycles. The number of carboxylic acids is 1. The van der Waals surface area contributed by atoms with Gasteiger partial charge in [-0.3, -0.25) is 9.69 Å². The molecule has 3 aromatic heterocycles. The van der Waals surface area contributed by atoms with Crippen LogP contribution in [0.2, 0.25) is 0 Å². The molecule has 0 bridgehead atoms. The van der Waals surface area contributed by atoms with Gasteiger partial charge < -0.3 is 19.8 Å². The van der Waals surface area contributed by atoms with Crippen LogP contribution in [0, 0.1) is 6.92 Å². The highest BCUT2D eigenvalue weighted by atomic mass is 32.1. The first-order chi connectivity index (χ1) is 19.9. The van der Waals surface area contributed by atoms with Gasteiger partial charge in [0, 0.05) is 41.7 Å². The standard InChI is InChI=1S/C28H28F3N5O5S/c1-15-13-34(20(14-37)21-8-9-22(42-21)27(39)40)10-11-35(15)26(38)19-12-32-36-24(28(29,30)31)16(2)23(33-25(19)36)17-4-6-18(41-3)7-5-17/h4-9,12,15,20,37H,10-11,13-14H2,1-3H3,(H,39,40)/t15-,20-/m1/s1. The van der Waals surface area contributed by atoms with Gasteiger partial charge in [-0.05, 0) is 50.2 Å². The molecule has 5 rings (SSSR count). The number of carboxylic acid groups (broad SMARTS) is 1. The van der Waals surface area contributed by atoms with E-state index in [0.29, 0.717) is 33.8 Å². The number of hydrogen-bond donors (Lipinski definition) is 2. The number of aliphatic hydroxyl groups is 1. The molecule has 0 radical (unpaired) electrons. The number of hydrogen-bond acceptors (Lipinski definition) is 8. The quantitative estimate of drug-likeness (QED) is 0.320. The number of fused-ring (bicyclic) bond motifs is 1. The molecule has 1 fully saturated rings. The zero-order chi connectivity index (χ0) is 30.3. The number of ether oxygens (including phenoxy) is 1. The van der Waals surface area contributed by atoms with Crippen molar-refractivity contribution in [2.24, 2.45) is 0 Å². The molecule has 0 spiro atoms. The predicted molar refractivity (Wildman–Crippen MR) is 148 cm³/mol. The summed E-state index contributed by atoms with van der Waals surface area (Å²) in [6.07, 6.45) is -3.65. The first-order valence-electron chi connectivity index (χ1n) is 13.0. The third kappa shape index (κ3) is 5.32. The molecule has 1 aromatic carbocycles. The summed E-state index contributed by atoms with van der Waals surface area (Å²) < 4.78 is 48.7. The molecule has 1 amide bonds. The van der Waals surface area contributed by atoms with Crippen molar-refractivity contribution in [1.29, 1.82) is 0 Å². The van der Waals surface area contributed by atoms with E-state index in [4.69, 9.17) is 4.74 Å². The number of aliphatic hydroxyl groups excluding tert-OH is 1. The summed E-state index contributed by atoms with van der Waals surface area (Å²) in [6.45, 7) is 3.83. The molecular formula is C28H28F3N5O5S. The van der Waals surface area contributed by atoms with Crippen LogP contribution in [0.15, 0.2) is 42.6 Å². The number of alkyl halides is 3. The maximum absolute atomic E-state index is 14.3. The summed E-state index contributed by atoms with van der Waals surface area (Å²) in [5, 5.41) is 23.3. The lowest BCUT2D eigenvalue weighted by atomic mass is 10.0. The van der Waals surface area contributed by atoms with Crippen molar-refractivity contribution >= 4 is 28.9 Å². The molecule has 222 valence electrons. The second kappa shape index (κ2) is 11.3. The van der Waals surface area contributed by atoms with Crippen LogP contribution in [0.5, 0.6) is 5.75 Å². The Bertz CT molecular complexity index is 1640. The van der Waals surface area contributed by atoms with Gasteiger partial charge in [-0.2, -0.15) is 18.3 Å². The Morgan fingerprint density at radius 1 is 1.17 bits per heavy atom. The number of aromatic nitrogens is 3. The summed E-state index contributed by atoms with van der Waals surface area (Å²) in [6, 6.07) is 8.79. The summed E-state index contributed by atoms with van der Waals surface area (Å²) in [5.41, 5.74) is -0.897. The predicted octanol–water partition coefficient (Wildman–Crippen LogP) is 4.37. The van der Waals surface area contributed by atoms with Gasteiger partial charge in [0.1, 0.15) is 16.2 Å². The number of nitrogens with zero attached hydrogens (tertiary/aromatic N) is 5. The second-order valence-corrected chi connectivity index (χ2v) is 11.1. The number of amides is 1. The molecule has 0 saturated carbocycles. The Hall–Kier alpha value is -4.01. The Balaban J connectivity index is 1.47. The van der Waals surface area contributed by atoms with Crippen LogP contribution < -0.4 is 4.74 Å². The number of benzene rings is 1. The molecule has 0 aliphatic carbocycles. The number of thiophene rings is 1. The van der Waals surface area contributed by atoms with Gasteiger partial charge in [-0.1, -0.05) is 0 Å². The van der Waals surface area contributed by atoms with Crippen LogP contribution in [-0.4, -0.2) is 85.9 Å². The molecule has 10 nitrogen and oxygen atoms in total. The molecule has 2 atom stereocenters. The monoisotopic (exact) mass is 603 g/mol. The SMILES string of the molecule is COc1ccc(-c2nc3c(C(=O)N4CCN([C@H](CO)c5ccc(C(=O)O)s5)C[C@H]4C)cnn3c(C(F)(F)F)c2C)cc1. The first-order valence-corrected chi connectivity index (χ1v) is 13.8. The van der Waals surface area contributed by atoms with E-state index >= 15 is 0 Å². The average molecular weight is 604 g/mol. The van der Waals surface area contributed by atoms with E-state index in [9.17, 15) is 33.0 Å². The molecule has 1 saturated heterocycles. The molecule has 1 aliphatic rings. The molecule has 1 aliphatic heterocycles. The maximum atomic E-state index is 14.3. The normalized spacial score (nSPS) is 17.0. The van der Waals surface area contributed by atoms with E-state index in [-0.39, 0.29) is 46.5 Å². The average Bonchev–Trinajstić information content (AvgIpc) is 3.60. The highest BCUT2D eigenvalue weighted by Gasteiger charge is 2.40. The fraction of sp³-hybridized carbons (Fsp3) is 0.357. The lowest BCUT2D eigenvalue weighted by Gasteiger charge is -2.42. The van der Waals surface area contributed by atoms with Crippen molar-refractivity contribution in [1.82, 2.24) is 24.4 Å². The van der Waals surface area contributed by atoms with Gasteiger partial charge in [-0.25, -0.2) is 14.3 Å². The largest absolute Gasteiger partial charge is 0.497 e. The Labute approximate surface area is 242 Å². The highest BCUT2D eigenvalue weighted by Crippen LogP contribution is 2.37. The van der Waals surface area contributed by atoms with Crippen molar-refractivity contribution in [3.63, 3.8) is 0 Å². The molecule has 0 unspecified atom stereocenters. The number of piperazine rings is 1. The van der Waals surface area contributed by atoms with Gasteiger partial charge in [0.15, 0.2) is 11.3 Å².